The quantitative estimate of drug-likeness (QED) is 0.180. The SMILES string of the molecule is COC(=O)[C@@H](C(=O)OCC[Si](C)(C)C)[C@H](C)S/C=C/NC(=O)CNC(=O)OCc1ccccc1. The molecular weight excluding hydrogens is 476 g/mol. The van der Waals surface area contributed by atoms with Crippen molar-refractivity contribution in [1.82, 2.24) is 10.6 Å². The van der Waals surface area contributed by atoms with Gasteiger partial charge in [0.15, 0.2) is 5.92 Å². The smallest absolute Gasteiger partial charge is 0.407 e. The number of benzene rings is 1. The summed E-state index contributed by atoms with van der Waals surface area (Å²) in [6.07, 6.45) is 0.658. The molecule has 188 valence electrons. The highest BCUT2D eigenvalue weighted by Gasteiger charge is 2.35. The minimum absolute atomic E-state index is 0.102. The van der Waals surface area contributed by atoms with Crippen molar-refractivity contribution >= 4 is 43.8 Å². The van der Waals surface area contributed by atoms with E-state index < -0.39 is 43.2 Å². The Morgan fingerprint density at radius 3 is 2.35 bits per heavy atom. The molecule has 0 saturated carbocycles. The monoisotopic (exact) mass is 510 g/mol. The predicted molar refractivity (Wildman–Crippen MR) is 134 cm³/mol. The second-order valence-electron chi connectivity index (χ2n) is 8.61. The molecule has 0 fully saturated rings. The van der Waals surface area contributed by atoms with E-state index in [-0.39, 0.29) is 19.8 Å². The number of amides is 2. The van der Waals surface area contributed by atoms with Gasteiger partial charge in [0.25, 0.3) is 0 Å². The third-order valence-electron chi connectivity index (χ3n) is 4.49. The van der Waals surface area contributed by atoms with Crippen molar-refractivity contribution in [2.24, 2.45) is 5.92 Å². The van der Waals surface area contributed by atoms with Gasteiger partial charge in [-0.2, -0.15) is 0 Å². The van der Waals surface area contributed by atoms with Crippen LogP contribution in [-0.2, 0) is 35.2 Å². The number of carbonyl (C=O) groups excluding carboxylic acids is 4. The number of methoxy groups -OCH3 is 1. The molecule has 34 heavy (non-hydrogen) atoms. The molecule has 0 radical (unpaired) electrons. The van der Waals surface area contributed by atoms with Crippen LogP contribution in [0.1, 0.15) is 12.5 Å². The highest BCUT2D eigenvalue weighted by molar-refractivity contribution is 8.02. The summed E-state index contributed by atoms with van der Waals surface area (Å²) >= 11 is 1.17. The molecule has 0 spiro atoms. The van der Waals surface area contributed by atoms with E-state index in [2.05, 4.69) is 30.3 Å². The first-order valence-electron chi connectivity index (χ1n) is 10.8. The van der Waals surface area contributed by atoms with E-state index >= 15 is 0 Å². The lowest BCUT2D eigenvalue weighted by molar-refractivity contribution is -0.160. The first kappa shape index (κ1) is 29.2. The molecule has 1 aromatic carbocycles. The van der Waals surface area contributed by atoms with Gasteiger partial charge in [0.1, 0.15) is 13.2 Å². The van der Waals surface area contributed by atoms with Gasteiger partial charge in [0.05, 0.1) is 13.7 Å². The van der Waals surface area contributed by atoms with Crippen LogP contribution >= 0.6 is 11.8 Å². The van der Waals surface area contributed by atoms with Crippen LogP contribution in [0.4, 0.5) is 4.79 Å². The van der Waals surface area contributed by atoms with Crippen LogP contribution < -0.4 is 10.6 Å². The van der Waals surface area contributed by atoms with Crippen molar-refractivity contribution in [1.29, 1.82) is 0 Å². The lowest BCUT2D eigenvalue weighted by Crippen LogP contribution is -2.35. The van der Waals surface area contributed by atoms with E-state index in [1.54, 1.807) is 12.3 Å². The molecule has 2 atom stereocenters. The lowest BCUT2D eigenvalue weighted by atomic mass is 10.1. The zero-order chi connectivity index (χ0) is 25.6. The number of rotatable bonds is 13. The van der Waals surface area contributed by atoms with Crippen molar-refractivity contribution in [3.05, 3.63) is 47.5 Å². The molecule has 11 heteroatoms. The van der Waals surface area contributed by atoms with Gasteiger partial charge in [-0.3, -0.25) is 14.4 Å². The first-order chi connectivity index (χ1) is 16.0. The summed E-state index contributed by atoms with van der Waals surface area (Å²) in [4.78, 5) is 48.1. The topological polar surface area (TPSA) is 120 Å². The fraction of sp³-hybridized carbons (Fsp3) is 0.478. The number of ether oxygens (including phenoxy) is 3. The number of carbonyl (C=O) groups is 4. The van der Waals surface area contributed by atoms with E-state index in [0.29, 0.717) is 0 Å². The van der Waals surface area contributed by atoms with Crippen molar-refractivity contribution in [2.75, 3.05) is 20.3 Å². The molecule has 2 amide bonds. The average Bonchev–Trinajstić information content (AvgIpc) is 2.79. The summed E-state index contributed by atoms with van der Waals surface area (Å²) in [6, 6.07) is 9.97. The van der Waals surface area contributed by atoms with E-state index in [9.17, 15) is 19.2 Å². The van der Waals surface area contributed by atoms with E-state index in [4.69, 9.17) is 14.2 Å². The fourth-order valence-electron chi connectivity index (χ4n) is 2.50. The number of thioether (sulfide) groups is 1. The maximum atomic E-state index is 12.4. The third kappa shape index (κ3) is 12.4. The number of nitrogens with one attached hydrogen (secondary N) is 2. The van der Waals surface area contributed by atoms with Gasteiger partial charge >= 0.3 is 18.0 Å². The van der Waals surface area contributed by atoms with E-state index in [1.165, 1.54) is 25.1 Å². The molecule has 0 aromatic heterocycles. The molecule has 0 heterocycles. The molecule has 0 aliphatic carbocycles. The fourth-order valence-corrected chi connectivity index (χ4v) is 3.99. The minimum atomic E-state index is -1.38. The minimum Gasteiger partial charge on any atom is -0.468 e. The molecule has 1 aromatic rings. The Kier molecular flexibility index (Phi) is 13.1. The second-order valence-corrected chi connectivity index (χ2v) is 15.5. The number of hydrogen-bond donors (Lipinski definition) is 2. The molecule has 2 N–H and O–H groups in total. The van der Waals surface area contributed by atoms with Gasteiger partial charge in [-0.15, -0.1) is 11.8 Å². The van der Waals surface area contributed by atoms with Crippen LogP contribution in [0.3, 0.4) is 0 Å². The standard InChI is InChI=1S/C23H34N2O7SSi/c1-17(20(21(27)30-2)22(28)31-12-14-34(3,4)5)33-13-11-24-19(26)15-25-23(29)32-16-18-9-7-6-8-10-18/h6-11,13,17,20H,12,14-16H2,1-5H3,(H,24,26)(H,25,29)/b13-11+/t17-,20-/m0/s1. The van der Waals surface area contributed by atoms with E-state index in [1.807, 2.05) is 30.3 Å². The second kappa shape index (κ2) is 15.2. The summed E-state index contributed by atoms with van der Waals surface area (Å²) in [5.74, 6) is -2.84. The predicted octanol–water partition coefficient (Wildman–Crippen LogP) is 3.29. The first-order valence-corrected chi connectivity index (χ1v) is 15.5. The highest BCUT2D eigenvalue weighted by atomic mass is 32.2. The average molecular weight is 511 g/mol. The van der Waals surface area contributed by atoms with Gasteiger partial charge in [0.2, 0.25) is 5.91 Å². The summed E-state index contributed by atoms with van der Waals surface area (Å²) in [7, 11) is -0.159. The lowest BCUT2D eigenvalue weighted by Gasteiger charge is -2.20. The van der Waals surface area contributed by atoms with Crippen molar-refractivity contribution in [3.8, 4) is 0 Å². The van der Waals surface area contributed by atoms with Gasteiger partial charge in [-0.05, 0) is 17.0 Å². The molecule has 0 unspecified atom stereocenters. The number of esters is 2. The molecule has 9 nitrogen and oxygen atoms in total. The molecular formula is C23H34N2O7SSi. The normalized spacial score (nSPS) is 13.0. The molecule has 0 saturated heterocycles. The third-order valence-corrected chi connectivity index (χ3v) is 7.19. The van der Waals surface area contributed by atoms with Crippen LogP contribution in [-0.4, -0.2) is 57.5 Å². The Balaban J connectivity index is 2.40. The Bertz CT molecular complexity index is 843. The van der Waals surface area contributed by atoms with Crippen molar-refractivity contribution < 1.29 is 33.4 Å². The van der Waals surface area contributed by atoms with E-state index in [0.717, 1.165) is 11.6 Å². The van der Waals surface area contributed by atoms with Crippen LogP contribution in [0.2, 0.25) is 25.7 Å². The van der Waals surface area contributed by atoms with Gasteiger partial charge in [-0.25, -0.2) is 4.79 Å². The maximum absolute atomic E-state index is 12.4. The summed E-state index contributed by atoms with van der Waals surface area (Å²) < 4.78 is 15.1. The number of hydrogen-bond acceptors (Lipinski definition) is 8. The zero-order valence-corrected chi connectivity index (χ0v) is 22.1. The number of alkyl carbamates (subject to hydrolysis) is 1. The highest BCUT2D eigenvalue weighted by Crippen LogP contribution is 2.23. The Labute approximate surface area is 206 Å². The molecule has 1 rings (SSSR count). The van der Waals surface area contributed by atoms with Crippen LogP contribution in [0.15, 0.2) is 41.9 Å². The van der Waals surface area contributed by atoms with Crippen LogP contribution in [0.5, 0.6) is 0 Å². The van der Waals surface area contributed by atoms with Crippen molar-refractivity contribution in [2.45, 2.75) is 44.5 Å². The van der Waals surface area contributed by atoms with Crippen LogP contribution in [0, 0.1) is 5.92 Å². The maximum Gasteiger partial charge on any atom is 0.407 e. The summed E-state index contributed by atoms with van der Waals surface area (Å²) in [5.41, 5.74) is 0.835. The summed E-state index contributed by atoms with van der Waals surface area (Å²) in [5, 5.41) is 5.91. The molecule has 0 aliphatic heterocycles. The zero-order valence-electron chi connectivity index (χ0n) is 20.3. The Hall–Kier alpha value is -2.79. The van der Waals surface area contributed by atoms with Crippen molar-refractivity contribution in [3.63, 3.8) is 0 Å². The summed E-state index contributed by atoms with van der Waals surface area (Å²) in [6.45, 7) is 8.30. The molecule has 0 aliphatic rings. The Morgan fingerprint density at radius 2 is 1.74 bits per heavy atom. The van der Waals surface area contributed by atoms with Gasteiger partial charge in [-0.1, -0.05) is 56.9 Å². The van der Waals surface area contributed by atoms with Gasteiger partial charge in [0, 0.05) is 19.5 Å². The largest absolute Gasteiger partial charge is 0.468 e. The molecule has 0 bridgehead atoms. The Morgan fingerprint density at radius 1 is 1.06 bits per heavy atom. The van der Waals surface area contributed by atoms with Gasteiger partial charge < -0.3 is 24.8 Å². The van der Waals surface area contributed by atoms with Crippen LogP contribution in [0.25, 0.3) is 0 Å².